The number of methoxy groups -OCH3 is 1. The molecule has 2 aliphatic rings. The topological polar surface area (TPSA) is 24.9 Å². The van der Waals surface area contributed by atoms with E-state index in [4.69, 9.17) is 9.47 Å². The van der Waals surface area contributed by atoms with Crippen LogP contribution < -0.4 is 14.4 Å². The van der Waals surface area contributed by atoms with Gasteiger partial charge in [-0.1, -0.05) is 38.1 Å². The van der Waals surface area contributed by atoms with Crippen molar-refractivity contribution in [3.05, 3.63) is 54.1 Å². The van der Waals surface area contributed by atoms with Crippen molar-refractivity contribution in [1.29, 1.82) is 0 Å². The van der Waals surface area contributed by atoms with E-state index in [0.717, 1.165) is 63.5 Å². The van der Waals surface area contributed by atoms with E-state index in [1.807, 2.05) is 0 Å². The molecule has 2 aromatic carbocycles. The van der Waals surface area contributed by atoms with Gasteiger partial charge in [0, 0.05) is 50.4 Å². The summed E-state index contributed by atoms with van der Waals surface area (Å²) in [5, 5.41) is 0. The number of piperazine rings is 1. The molecule has 29 heavy (non-hydrogen) atoms. The summed E-state index contributed by atoms with van der Waals surface area (Å²) in [5.41, 5.74) is 2.62. The third-order valence-corrected chi connectivity index (χ3v) is 6.87. The van der Waals surface area contributed by atoms with Gasteiger partial charge >= 0.3 is 0 Å². The Morgan fingerprint density at radius 3 is 2.38 bits per heavy atom. The lowest BCUT2D eigenvalue weighted by molar-refractivity contribution is 0.0216. The summed E-state index contributed by atoms with van der Waals surface area (Å²) in [4.78, 5) is 5.14. The number of rotatable bonds is 6. The summed E-state index contributed by atoms with van der Waals surface area (Å²) in [5.74, 6) is 2.40. The van der Waals surface area contributed by atoms with Gasteiger partial charge in [-0.05, 0) is 43.0 Å². The van der Waals surface area contributed by atoms with E-state index in [0.29, 0.717) is 5.92 Å². The fourth-order valence-electron chi connectivity index (χ4n) is 4.89. The van der Waals surface area contributed by atoms with Crippen molar-refractivity contribution in [2.45, 2.75) is 44.6 Å². The molecule has 4 nitrogen and oxygen atoms in total. The molecular weight excluding hydrogens is 360 g/mol. The molecule has 4 heteroatoms. The highest BCUT2D eigenvalue weighted by Crippen LogP contribution is 2.45. The molecule has 0 N–H and O–H groups in total. The Kier molecular flexibility index (Phi) is 6.00. The second-order valence-corrected chi connectivity index (χ2v) is 8.42. The summed E-state index contributed by atoms with van der Waals surface area (Å²) in [6.45, 7) is 10.0. The molecule has 0 bridgehead atoms. The number of anilines is 1. The van der Waals surface area contributed by atoms with Gasteiger partial charge in [0.15, 0.2) is 0 Å². The van der Waals surface area contributed by atoms with Crippen molar-refractivity contribution < 1.29 is 9.47 Å². The van der Waals surface area contributed by atoms with Crippen LogP contribution in [0.25, 0.3) is 0 Å². The first-order chi connectivity index (χ1) is 14.2. The monoisotopic (exact) mass is 394 g/mol. The molecule has 1 atom stereocenters. The first-order valence-corrected chi connectivity index (χ1v) is 11.1. The first kappa shape index (κ1) is 20.1. The second-order valence-electron chi connectivity index (χ2n) is 8.42. The van der Waals surface area contributed by atoms with Crippen LogP contribution in [0.3, 0.4) is 0 Å². The molecule has 0 aliphatic carbocycles. The molecule has 0 saturated carbocycles. The fraction of sp³-hybridized carbons (Fsp3) is 0.520. The van der Waals surface area contributed by atoms with Gasteiger partial charge in [0.2, 0.25) is 0 Å². The van der Waals surface area contributed by atoms with E-state index in [-0.39, 0.29) is 5.60 Å². The molecule has 4 rings (SSSR count). The van der Waals surface area contributed by atoms with Gasteiger partial charge in [-0.15, -0.1) is 0 Å². The van der Waals surface area contributed by atoms with Crippen LogP contribution in [0.1, 0.15) is 44.6 Å². The quantitative estimate of drug-likeness (QED) is 0.693. The number of para-hydroxylation sites is 1. The van der Waals surface area contributed by atoms with Gasteiger partial charge in [-0.25, -0.2) is 0 Å². The molecule has 1 unspecified atom stereocenters. The molecule has 2 aliphatic heterocycles. The standard InChI is InChI=1S/C25H34N2O2/c1-4-25(5-2)18-20(23-12-11-22(28-3)17-24(23)29-25)19-26-13-15-27(16-14-26)21-9-7-6-8-10-21/h6-12,17,20H,4-5,13-16,18-19H2,1-3H3. The zero-order valence-corrected chi connectivity index (χ0v) is 18.1. The number of ether oxygens (including phenoxy) is 2. The average Bonchev–Trinajstić information content (AvgIpc) is 2.79. The Bertz CT molecular complexity index is 796. The van der Waals surface area contributed by atoms with E-state index < -0.39 is 0 Å². The Morgan fingerprint density at radius 2 is 1.72 bits per heavy atom. The summed E-state index contributed by atoms with van der Waals surface area (Å²) in [6.07, 6.45) is 3.18. The Hall–Kier alpha value is -2.20. The zero-order chi connectivity index (χ0) is 20.3. The van der Waals surface area contributed by atoms with Crippen molar-refractivity contribution in [2.24, 2.45) is 0 Å². The lowest BCUT2D eigenvalue weighted by atomic mass is 9.79. The van der Waals surface area contributed by atoms with Gasteiger partial charge < -0.3 is 14.4 Å². The van der Waals surface area contributed by atoms with Gasteiger partial charge in [-0.2, -0.15) is 0 Å². The number of hydrogen-bond donors (Lipinski definition) is 0. The minimum atomic E-state index is -0.0596. The number of fused-ring (bicyclic) bond motifs is 1. The van der Waals surface area contributed by atoms with Crippen LogP contribution >= 0.6 is 0 Å². The van der Waals surface area contributed by atoms with Gasteiger partial charge in [0.1, 0.15) is 17.1 Å². The predicted molar refractivity (Wildman–Crippen MR) is 119 cm³/mol. The van der Waals surface area contributed by atoms with E-state index in [2.05, 4.69) is 72.2 Å². The molecule has 156 valence electrons. The summed E-state index contributed by atoms with van der Waals surface area (Å²) < 4.78 is 12.0. The number of benzene rings is 2. The maximum absolute atomic E-state index is 6.55. The normalized spacial score (nSPS) is 21.3. The number of nitrogens with zero attached hydrogens (tertiary/aromatic N) is 2. The third-order valence-electron chi connectivity index (χ3n) is 6.87. The minimum absolute atomic E-state index is 0.0596. The van der Waals surface area contributed by atoms with Crippen LogP contribution in [0.2, 0.25) is 0 Å². The third kappa shape index (κ3) is 4.23. The lowest BCUT2D eigenvalue weighted by Gasteiger charge is -2.44. The summed E-state index contributed by atoms with van der Waals surface area (Å²) in [7, 11) is 1.72. The smallest absolute Gasteiger partial charge is 0.127 e. The van der Waals surface area contributed by atoms with Crippen molar-refractivity contribution in [3.8, 4) is 11.5 Å². The van der Waals surface area contributed by atoms with Crippen molar-refractivity contribution in [1.82, 2.24) is 4.90 Å². The van der Waals surface area contributed by atoms with Crippen LogP contribution in [0.15, 0.2) is 48.5 Å². The van der Waals surface area contributed by atoms with Crippen LogP contribution in [0, 0.1) is 0 Å². The fourth-order valence-corrected chi connectivity index (χ4v) is 4.89. The minimum Gasteiger partial charge on any atom is -0.497 e. The predicted octanol–water partition coefficient (Wildman–Crippen LogP) is 4.94. The van der Waals surface area contributed by atoms with Crippen molar-refractivity contribution in [2.75, 3.05) is 44.7 Å². The molecule has 2 aromatic rings. The van der Waals surface area contributed by atoms with E-state index >= 15 is 0 Å². The highest BCUT2D eigenvalue weighted by molar-refractivity contribution is 5.47. The average molecular weight is 395 g/mol. The van der Waals surface area contributed by atoms with Crippen molar-refractivity contribution in [3.63, 3.8) is 0 Å². The van der Waals surface area contributed by atoms with E-state index in [9.17, 15) is 0 Å². The van der Waals surface area contributed by atoms with Crippen molar-refractivity contribution >= 4 is 5.69 Å². The van der Waals surface area contributed by atoms with E-state index in [1.165, 1.54) is 11.3 Å². The highest BCUT2D eigenvalue weighted by atomic mass is 16.5. The SMILES string of the molecule is CCC1(CC)CC(CN2CCN(c3ccccc3)CC2)c2ccc(OC)cc2O1. The van der Waals surface area contributed by atoms with Gasteiger partial charge in [0.05, 0.1) is 7.11 Å². The largest absolute Gasteiger partial charge is 0.497 e. The Balaban J connectivity index is 1.48. The molecule has 1 saturated heterocycles. The van der Waals surface area contributed by atoms with Gasteiger partial charge in [-0.3, -0.25) is 4.90 Å². The maximum Gasteiger partial charge on any atom is 0.127 e. The first-order valence-electron chi connectivity index (χ1n) is 11.1. The van der Waals surface area contributed by atoms with E-state index in [1.54, 1.807) is 7.11 Å². The molecule has 1 fully saturated rings. The summed E-state index contributed by atoms with van der Waals surface area (Å²) in [6, 6.07) is 17.2. The Morgan fingerprint density at radius 1 is 1.00 bits per heavy atom. The van der Waals surface area contributed by atoms with Crippen LogP contribution in [0.4, 0.5) is 5.69 Å². The second kappa shape index (κ2) is 8.66. The molecule has 0 amide bonds. The molecular formula is C25H34N2O2. The van der Waals surface area contributed by atoms with Crippen LogP contribution in [0.5, 0.6) is 11.5 Å². The Labute approximate surface area is 175 Å². The zero-order valence-electron chi connectivity index (χ0n) is 18.1. The molecule has 0 aromatic heterocycles. The van der Waals surface area contributed by atoms with Crippen LogP contribution in [-0.2, 0) is 0 Å². The maximum atomic E-state index is 6.55. The summed E-state index contributed by atoms with van der Waals surface area (Å²) >= 11 is 0. The molecule has 0 spiro atoms. The van der Waals surface area contributed by atoms with Crippen LogP contribution in [-0.4, -0.2) is 50.3 Å². The molecule has 0 radical (unpaired) electrons. The number of hydrogen-bond acceptors (Lipinski definition) is 4. The molecule has 2 heterocycles. The lowest BCUT2D eigenvalue weighted by Crippen LogP contribution is -2.49. The highest BCUT2D eigenvalue weighted by Gasteiger charge is 2.39. The van der Waals surface area contributed by atoms with Gasteiger partial charge in [0.25, 0.3) is 0 Å².